The summed E-state index contributed by atoms with van der Waals surface area (Å²) in [6.07, 6.45) is 1.41. The number of benzene rings is 1. The fourth-order valence-corrected chi connectivity index (χ4v) is 8.98. The highest BCUT2D eigenvalue weighted by molar-refractivity contribution is 7.91. The van der Waals surface area contributed by atoms with Crippen LogP contribution in [0.1, 0.15) is 57.9 Å². The summed E-state index contributed by atoms with van der Waals surface area (Å²) in [6.45, 7) is 12.5. The van der Waals surface area contributed by atoms with Gasteiger partial charge in [0.2, 0.25) is 1.43 Å². The van der Waals surface area contributed by atoms with Crippen LogP contribution >= 0.6 is 20.7 Å². The summed E-state index contributed by atoms with van der Waals surface area (Å²) in [5.74, 6) is -0.783. The summed E-state index contributed by atoms with van der Waals surface area (Å²) in [4.78, 5) is 28.2. The number of aromatic nitrogens is 2. The minimum atomic E-state index is -3.17. The lowest BCUT2D eigenvalue weighted by Crippen LogP contribution is -2.48. The van der Waals surface area contributed by atoms with Crippen LogP contribution in [0.2, 0.25) is 0 Å². The third-order valence-electron chi connectivity index (χ3n) is 8.17. The maximum absolute atomic E-state index is 13.0. The normalized spacial score (nSPS) is 24.7. The number of sulfone groups is 1. The fourth-order valence-electron chi connectivity index (χ4n) is 5.83. The molecule has 6 atom stereocenters. The molecule has 1 aromatic carbocycles. The van der Waals surface area contributed by atoms with E-state index in [-0.39, 0.29) is 60.5 Å². The third kappa shape index (κ3) is 10.1. The average Bonchev–Trinajstić information content (AvgIpc) is 3.70. The van der Waals surface area contributed by atoms with E-state index in [0.29, 0.717) is 23.5 Å². The van der Waals surface area contributed by atoms with Gasteiger partial charge >= 0.3 is 0 Å². The number of ether oxygens (including phenoxy) is 2. The lowest BCUT2D eigenvalue weighted by atomic mass is 9.94. The summed E-state index contributed by atoms with van der Waals surface area (Å²) in [7, 11) is -3.64. The number of hydroxylamine groups is 1. The predicted octanol–water partition coefficient (Wildman–Crippen LogP) is 3.76. The number of nitrogens with one attached hydrogen (secondary N) is 2. The van der Waals surface area contributed by atoms with Crippen molar-refractivity contribution in [1.82, 2.24) is 25.0 Å². The Morgan fingerprint density at radius 2 is 1.94 bits per heavy atom. The Kier molecular flexibility index (Phi) is 13.8. The molecule has 3 aliphatic rings. The van der Waals surface area contributed by atoms with Gasteiger partial charge in [0, 0.05) is 52.0 Å². The second-order valence-corrected chi connectivity index (χ2v) is 16.3. The first-order valence-electron chi connectivity index (χ1n) is 17.6. The number of rotatable bonds is 13. The van der Waals surface area contributed by atoms with E-state index < -0.39 is 48.7 Å². The Morgan fingerprint density at radius 3 is 2.57 bits per heavy atom. The molecule has 280 valence electrons. The van der Waals surface area contributed by atoms with Crippen LogP contribution in [0.25, 0.3) is 0 Å². The molecular weight excluding hydrogens is 718 g/mol. The minimum Gasteiger partial charge on any atom is -0.462 e. The zero-order valence-electron chi connectivity index (χ0n) is 31.4. The molecular formula is C33H48N7O8PS2. The molecule has 2 saturated heterocycles. The molecule has 0 saturated carbocycles. The number of aliphatic hydroxyl groups excluding tert-OH is 1. The van der Waals surface area contributed by atoms with E-state index in [4.69, 9.17) is 33.6 Å². The molecule has 3 aliphatic heterocycles. The molecule has 3 N–H and O–H groups in total. The number of aliphatic imine (C=N–C) groups is 1. The molecule has 15 nitrogen and oxygen atoms in total. The summed E-state index contributed by atoms with van der Waals surface area (Å²) in [5, 5.41) is 6.44. The number of fused-ring (bicyclic) bond motifs is 1. The van der Waals surface area contributed by atoms with Gasteiger partial charge in [-0.2, -0.15) is 5.48 Å². The minimum absolute atomic E-state index is 0.0324. The van der Waals surface area contributed by atoms with Crippen molar-refractivity contribution in [2.45, 2.75) is 77.0 Å². The quantitative estimate of drug-likeness (QED) is 0.0883. The third-order valence-corrected chi connectivity index (χ3v) is 12.1. The van der Waals surface area contributed by atoms with E-state index in [1.165, 1.54) is 13.4 Å². The summed E-state index contributed by atoms with van der Waals surface area (Å²) < 4.78 is 66.6. The van der Waals surface area contributed by atoms with Crippen molar-refractivity contribution in [3.05, 3.63) is 60.6 Å². The van der Waals surface area contributed by atoms with Crippen molar-refractivity contribution < 1.29 is 38.3 Å². The Bertz CT molecular complexity index is 1660. The van der Waals surface area contributed by atoms with E-state index in [2.05, 4.69) is 42.1 Å². The van der Waals surface area contributed by atoms with Crippen LogP contribution in [0, 0.1) is 0 Å². The fraction of sp³-hybridized carbons (Fsp3) is 0.545. The molecule has 0 radical (unpaired) electrons. The number of hydrogen-bond acceptors (Lipinski definition) is 14. The van der Waals surface area contributed by atoms with Crippen LogP contribution in [0.4, 0.5) is 11.5 Å². The molecule has 4 heterocycles. The van der Waals surface area contributed by atoms with Gasteiger partial charge in [0.1, 0.15) is 24.2 Å². The largest absolute Gasteiger partial charge is 0.462 e. The van der Waals surface area contributed by atoms with E-state index in [0.717, 1.165) is 0 Å². The van der Waals surface area contributed by atoms with E-state index in [9.17, 15) is 13.2 Å². The molecule has 0 spiro atoms. The number of anilines is 1. The summed E-state index contributed by atoms with van der Waals surface area (Å²) in [5.41, 5.74) is 4.25. The highest BCUT2D eigenvalue weighted by Crippen LogP contribution is 2.50. The number of nitrogens with zero attached hydrogens (tertiary/aromatic N) is 5. The Labute approximate surface area is 309 Å². The Hall–Kier alpha value is -2.99. The number of aliphatic hydroxyl groups is 1. The van der Waals surface area contributed by atoms with Gasteiger partial charge in [-0.25, -0.2) is 27.7 Å². The first-order chi connectivity index (χ1) is 25.3. The second kappa shape index (κ2) is 18.7. The van der Waals surface area contributed by atoms with Gasteiger partial charge in [-0.1, -0.05) is 24.3 Å². The zero-order valence-corrected chi connectivity index (χ0v) is 31.9. The van der Waals surface area contributed by atoms with Crippen LogP contribution in [0.5, 0.6) is 0 Å². The Morgan fingerprint density at radius 1 is 1.25 bits per heavy atom. The molecule has 0 aliphatic carbocycles. The van der Waals surface area contributed by atoms with Crippen molar-refractivity contribution in [3.63, 3.8) is 0 Å². The maximum atomic E-state index is 13.0. The van der Waals surface area contributed by atoms with Crippen molar-refractivity contribution in [1.29, 1.82) is 1.43 Å². The highest BCUT2D eigenvalue weighted by atomic mass is 32.2. The van der Waals surface area contributed by atoms with E-state index in [1.807, 2.05) is 33.8 Å². The molecule has 2 aromatic rings. The smallest absolute Gasteiger partial charge is 0.277 e. The molecule has 1 aromatic heterocycles. The molecule has 2 fully saturated rings. The molecule has 1 amide bonds. The topological polar surface area (TPSA) is 177 Å². The molecule has 51 heavy (non-hydrogen) atoms. The molecule has 18 heteroatoms. The second-order valence-electron chi connectivity index (χ2n) is 12.3. The predicted molar refractivity (Wildman–Crippen MR) is 201 cm³/mol. The average molecular weight is 769 g/mol. The number of amides is 1. The van der Waals surface area contributed by atoms with Gasteiger partial charge in [-0.3, -0.25) is 9.79 Å². The first-order valence-corrected chi connectivity index (χ1v) is 19.8. The van der Waals surface area contributed by atoms with Crippen molar-refractivity contribution in [2.75, 3.05) is 43.6 Å². The first kappa shape index (κ1) is 37.8. The summed E-state index contributed by atoms with van der Waals surface area (Å²) >= 11 is 5.75. The van der Waals surface area contributed by atoms with Crippen LogP contribution < -0.4 is 10.8 Å². The van der Waals surface area contributed by atoms with Gasteiger partial charge in [0.25, 0.3) is 19.6 Å². The van der Waals surface area contributed by atoms with Crippen LogP contribution in [0.15, 0.2) is 54.3 Å². The van der Waals surface area contributed by atoms with Crippen LogP contribution in [0.3, 0.4) is 0 Å². The number of thiocarbonyl (C=S) groups is 1. The van der Waals surface area contributed by atoms with Gasteiger partial charge in [0.15, 0.2) is 21.8 Å². The number of hydrogen-bond donors (Lipinski definition) is 3. The van der Waals surface area contributed by atoms with Gasteiger partial charge in [0.05, 0.1) is 29.2 Å². The standard InChI is InChI=1S/C32H44N7O7PS2.CH4O/c1-7-13-36-46-47(39(20(2)3)21(4)5)45-27-22(6)43-28(29(27)44-32(48)38-14-16-49(41,42)17-15-38)24-18-33-26-25(24)34-19-35-30(26)37-31(40)23-11-9-8-10-12-23;1-2/h7-12,18-22,24,27-29,36H,1,13-17H2,2-6H3,(H,34,35,37,40);2H,1H3/t22-,24?,27+,28?,29+,47?;/m1./s1/i6D;2T. The van der Waals surface area contributed by atoms with E-state index >= 15 is 0 Å². The maximum Gasteiger partial charge on any atom is 0.277 e. The molecule has 3 unspecified atom stereocenters. The van der Waals surface area contributed by atoms with E-state index in [1.54, 1.807) is 41.5 Å². The van der Waals surface area contributed by atoms with Crippen LogP contribution in [-0.4, -0.2) is 127 Å². The monoisotopic (exact) mass is 768 g/mol. The van der Waals surface area contributed by atoms with Gasteiger partial charge in [-0.15, -0.1) is 6.58 Å². The number of carbonyl (C=O) groups is 1. The lowest BCUT2D eigenvalue weighted by Gasteiger charge is -2.38. The van der Waals surface area contributed by atoms with Gasteiger partial charge in [-0.05, 0) is 58.9 Å². The molecule has 5 rings (SSSR count). The van der Waals surface area contributed by atoms with Crippen molar-refractivity contribution >= 4 is 59.4 Å². The Balaban J connectivity index is 0.00000202. The molecule has 0 bridgehead atoms. The number of carbonyl (C=O) groups excluding carboxylic acids is 1. The van der Waals surface area contributed by atoms with Crippen molar-refractivity contribution in [2.24, 2.45) is 4.99 Å². The summed E-state index contributed by atoms with van der Waals surface area (Å²) in [6, 6.07) is 8.83. The zero-order chi connectivity index (χ0) is 38.7. The van der Waals surface area contributed by atoms with Crippen LogP contribution in [-0.2, 0) is 28.5 Å². The van der Waals surface area contributed by atoms with Crippen molar-refractivity contribution in [3.8, 4) is 0 Å². The SMILES string of the molecule is [2H]C[C@H]1OC(C2C=Nc3c(NC(=O)c4ccccc4)ncnc32)[C@@H](OC(=S)N2CCS(=O)(=O)CC2)[C@H]1OP(ONCC=C)N(C(C)C)C(C)C.[3H]OC. The highest BCUT2D eigenvalue weighted by Gasteiger charge is 2.53. The van der Waals surface area contributed by atoms with Gasteiger partial charge < -0.3 is 29.3 Å². The lowest BCUT2D eigenvalue weighted by molar-refractivity contribution is 0.0126.